The summed E-state index contributed by atoms with van der Waals surface area (Å²) in [6.45, 7) is 2.11. The lowest BCUT2D eigenvalue weighted by Crippen LogP contribution is -1.87. The fourth-order valence-corrected chi connectivity index (χ4v) is 2.74. The molecule has 0 saturated heterocycles. The Morgan fingerprint density at radius 1 is 1.11 bits per heavy atom. The number of aryl methyl sites for hydroxylation is 1. The zero-order valence-electron chi connectivity index (χ0n) is 10.1. The van der Waals surface area contributed by atoms with Crippen LogP contribution in [0.5, 0.6) is 0 Å². The molecule has 18 heavy (non-hydrogen) atoms. The summed E-state index contributed by atoms with van der Waals surface area (Å²) in [4.78, 5) is 0. The Labute approximate surface area is 110 Å². The second-order valence-electron chi connectivity index (χ2n) is 4.19. The van der Waals surface area contributed by atoms with Gasteiger partial charge >= 0.3 is 0 Å². The molecule has 2 heterocycles. The first-order valence-corrected chi connectivity index (χ1v) is 6.79. The highest BCUT2D eigenvalue weighted by atomic mass is 32.2. The van der Waals surface area contributed by atoms with Crippen LogP contribution < -0.4 is 0 Å². The number of rotatable bonds is 3. The van der Waals surface area contributed by atoms with E-state index in [0.717, 1.165) is 16.6 Å². The molecule has 3 rings (SSSR count). The van der Waals surface area contributed by atoms with Gasteiger partial charge in [0.1, 0.15) is 0 Å². The summed E-state index contributed by atoms with van der Waals surface area (Å²) in [7, 11) is 0. The van der Waals surface area contributed by atoms with Gasteiger partial charge in [0.25, 0.3) is 0 Å². The van der Waals surface area contributed by atoms with Gasteiger partial charge in [-0.25, -0.2) is 0 Å². The summed E-state index contributed by atoms with van der Waals surface area (Å²) >= 11 is 1.71. The van der Waals surface area contributed by atoms with Gasteiger partial charge in [0, 0.05) is 11.9 Å². The van der Waals surface area contributed by atoms with Crippen LogP contribution in [-0.4, -0.2) is 14.6 Å². The van der Waals surface area contributed by atoms with Gasteiger partial charge in [-0.05, 0) is 24.6 Å². The van der Waals surface area contributed by atoms with Crippen molar-refractivity contribution in [2.75, 3.05) is 0 Å². The zero-order chi connectivity index (χ0) is 12.4. The molecule has 0 amide bonds. The molecule has 0 fully saturated rings. The van der Waals surface area contributed by atoms with E-state index in [1.54, 1.807) is 11.8 Å². The lowest BCUT2D eigenvalue weighted by molar-refractivity contribution is 0.921. The van der Waals surface area contributed by atoms with Gasteiger partial charge in [0.05, 0.1) is 0 Å². The van der Waals surface area contributed by atoms with E-state index in [1.165, 1.54) is 11.1 Å². The quantitative estimate of drug-likeness (QED) is 0.672. The number of thioether (sulfide) groups is 1. The van der Waals surface area contributed by atoms with Crippen LogP contribution in [-0.2, 0) is 5.75 Å². The van der Waals surface area contributed by atoms with Crippen molar-refractivity contribution in [3.63, 3.8) is 0 Å². The molecule has 0 N–H and O–H groups in total. The summed E-state index contributed by atoms with van der Waals surface area (Å²) < 4.78 is 2.01. The first kappa shape index (κ1) is 11.3. The molecule has 4 heteroatoms. The molecule has 0 aliphatic rings. The van der Waals surface area contributed by atoms with Crippen LogP contribution in [0.4, 0.5) is 0 Å². The maximum atomic E-state index is 4.21. The average molecular weight is 255 g/mol. The molecule has 3 nitrogen and oxygen atoms in total. The van der Waals surface area contributed by atoms with E-state index in [2.05, 4.69) is 41.4 Å². The zero-order valence-corrected chi connectivity index (χ0v) is 10.9. The molecule has 0 bridgehead atoms. The van der Waals surface area contributed by atoms with Crippen LogP contribution in [0.1, 0.15) is 11.1 Å². The number of pyridine rings is 1. The van der Waals surface area contributed by atoms with Gasteiger partial charge in [0.15, 0.2) is 10.8 Å². The molecule has 0 saturated carbocycles. The Morgan fingerprint density at radius 3 is 2.94 bits per heavy atom. The van der Waals surface area contributed by atoms with E-state index in [4.69, 9.17) is 0 Å². The van der Waals surface area contributed by atoms with Crippen molar-refractivity contribution in [1.82, 2.24) is 14.6 Å². The molecule has 0 unspecified atom stereocenters. The van der Waals surface area contributed by atoms with Crippen LogP contribution in [0.2, 0.25) is 0 Å². The van der Waals surface area contributed by atoms with E-state index in [1.807, 2.05) is 28.8 Å². The smallest absolute Gasteiger partial charge is 0.195 e. The highest BCUT2D eigenvalue weighted by molar-refractivity contribution is 7.98. The SMILES string of the molecule is Cc1cccc(CSc2nnc3ccccn23)c1. The first-order valence-electron chi connectivity index (χ1n) is 5.81. The monoisotopic (exact) mass is 255 g/mol. The molecule has 2 aromatic heterocycles. The van der Waals surface area contributed by atoms with Gasteiger partial charge in [-0.2, -0.15) is 0 Å². The summed E-state index contributed by atoms with van der Waals surface area (Å²) in [6.07, 6.45) is 1.99. The lowest BCUT2D eigenvalue weighted by Gasteiger charge is -2.01. The van der Waals surface area contributed by atoms with E-state index in [0.29, 0.717) is 0 Å². The minimum absolute atomic E-state index is 0.893. The maximum absolute atomic E-state index is 4.21. The third-order valence-electron chi connectivity index (χ3n) is 2.73. The molecule has 90 valence electrons. The fraction of sp³-hybridized carbons (Fsp3) is 0.143. The van der Waals surface area contributed by atoms with Crippen molar-refractivity contribution in [2.45, 2.75) is 17.8 Å². The maximum Gasteiger partial charge on any atom is 0.195 e. The fourth-order valence-electron chi connectivity index (χ4n) is 1.87. The Bertz CT molecular complexity index is 675. The molecule has 1 aromatic carbocycles. The van der Waals surface area contributed by atoms with Crippen LogP contribution in [0.25, 0.3) is 5.65 Å². The standard InChI is InChI=1S/C14H13N3S/c1-11-5-4-6-12(9-11)10-18-14-16-15-13-7-2-3-8-17(13)14/h2-9H,10H2,1H3. The molecular formula is C14H13N3S. The Morgan fingerprint density at radius 2 is 2.06 bits per heavy atom. The van der Waals surface area contributed by atoms with Crippen LogP contribution >= 0.6 is 11.8 Å². The van der Waals surface area contributed by atoms with Crippen LogP contribution in [0.3, 0.4) is 0 Å². The van der Waals surface area contributed by atoms with Crippen molar-refractivity contribution in [3.05, 3.63) is 59.8 Å². The van der Waals surface area contributed by atoms with Crippen LogP contribution in [0.15, 0.2) is 53.8 Å². The predicted molar refractivity (Wildman–Crippen MR) is 73.7 cm³/mol. The Balaban J connectivity index is 1.81. The number of aromatic nitrogens is 3. The molecule has 0 spiro atoms. The van der Waals surface area contributed by atoms with Gasteiger partial charge < -0.3 is 0 Å². The summed E-state index contributed by atoms with van der Waals surface area (Å²) in [6, 6.07) is 14.5. The van der Waals surface area contributed by atoms with Gasteiger partial charge in [-0.15, -0.1) is 10.2 Å². The predicted octanol–water partition coefficient (Wildman–Crippen LogP) is 3.33. The average Bonchev–Trinajstić information content (AvgIpc) is 2.80. The van der Waals surface area contributed by atoms with Crippen molar-refractivity contribution >= 4 is 17.4 Å². The molecule has 0 radical (unpaired) electrons. The molecule has 0 aliphatic heterocycles. The van der Waals surface area contributed by atoms with E-state index in [-0.39, 0.29) is 0 Å². The minimum atomic E-state index is 0.893. The third-order valence-corrected chi connectivity index (χ3v) is 3.75. The second-order valence-corrected chi connectivity index (χ2v) is 5.13. The topological polar surface area (TPSA) is 30.2 Å². The summed E-state index contributed by atoms with van der Waals surface area (Å²) in [5.41, 5.74) is 3.50. The molecule has 0 aliphatic carbocycles. The van der Waals surface area contributed by atoms with Gasteiger partial charge in [-0.1, -0.05) is 47.7 Å². The molecular weight excluding hydrogens is 242 g/mol. The molecule has 0 atom stereocenters. The lowest BCUT2D eigenvalue weighted by atomic mass is 10.2. The number of benzene rings is 1. The van der Waals surface area contributed by atoms with Crippen molar-refractivity contribution in [2.24, 2.45) is 0 Å². The van der Waals surface area contributed by atoms with Gasteiger partial charge in [0.2, 0.25) is 0 Å². The number of hydrogen-bond acceptors (Lipinski definition) is 3. The number of nitrogens with zero attached hydrogens (tertiary/aromatic N) is 3. The third kappa shape index (κ3) is 2.24. The highest BCUT2D eigenvalue weighted by Crippen LogP contribution is 2.21. The van der Waals surface area contributed by atoms with Gasteiger partial charge in [-0.3, -0.25) is 4.40 Å². The Hall–Kier alpha value is -1.81. The number of fused-ring (bicyclic) bond motifs is 1. The van der Waals surface area contributed by atoms with Crippen molar-refractivity contribution in [3.8, 4) is 0 Å². The van der Waals surface area contributed by atoms with E-state index < -0.39 is 0 Å². The number of hydrogen-bond donors (Lipinski definition) is 0. The highest BCUT2D eigenvalue weighted by Gasteiger charge is 2.05. The van der Waals surface area contributed by atoms with Crippen LogP contribution in [0, 0.1) is 6.92 Å². The summed E-state index contributed by atoms with van der Waals surface area (Å²) in [5, 5.41) is 9.29. The summed E-state index contributed by atoms with van der Waals surface area (Å²) in [5.74, 6) is 0.914. The van der Waals surface area contributed by atoms with Crippen molar-refractivity contribution in [1.29, 1.82) is 0 Å². The minimum Gasteiger partial charge on any atom is -0.277 e. The second kappa shape index (κ2) is 4.82. The largest absolute Gasteiger partial charge is 0.277 e. The Kier molecular flexibility index (Phi) is 3.02. The van der Waals surface area contributed by atoms with E-state index >= 15 is 0 Å². The first-order chi connectivity index (χ1) is 8.83. The van der Waals surface area contributed by atoms with E-state index in [9.17, 15) is 0 Å². The van der Waals surface area contributed by atoms with Crippen molar-refractivity contribution < 1.29 is 0 Å². The normalized spacial score (nSPS) is 10.9. The molecule has 3 aromatic rings.